The van der Waals surface area contributed by atoms with E-state index in [4.69, 9.17) is 16.3 Å². The predicted molar refractivity (Wildman–Crippen MR) is 96.2 cm³/mol. The maximum atomic E-state index is 13.7. The SMILES string of the molecule is Fc1ccc(OC2CCN(c3ncc(C4(C(F)(F)F)CC4)nc3Cl)CC2)c(F)c1. The molecule has 10 heteroatoms. The predicted octanol–water partition coefficient (Wildman–Crippen LogP) is 5.05. The van der Waals surface area contributed by atoms with Crippen molar-refractivity contribution in [3.05, 3.63) is 46.9 Å². The molecule has 1 aromatic carbocycles. The minimum atomic E-state index is -4.38. The number of benzene rings is 1. The van der Waals surface area contributed by atoms with Gasteiger partial charge in [0, 0.05) is 32.0 Å². The van der Waals surface area contributed by atoms with Crippen LogP contribution < -0.4 is 9.64 Å². The minimum Gasteiger partial charge on any atom is -0.487 e. The summed E-state index contributed by atoms with van der Waals surface area (Å²) in [4.78, 5) is 9.94. The molecule has 2 fully saturated rings. The highest BCUT2D eigenvalue weighted by Gasteiger charge is 2.65. The van der Waals surface area contributed by atoms with E-state index in [0.717, 1.165) is 18.3 Å². The smallest absolute Gasteiger partial charge is 0.400 e. The molecule has 1 aliphatic heterocycles. The Hall–Kier alpha value is -2.16. The maximum Gasteiger partial charge on any atom is 0.400 e. The van der Waals surface area contributed by atoms with Gasteiger partial charge in [0.1, 0.15) is 17.3 Å². The van der Waals surface area contributed by atoms with Crippen LogP contribution in [0.3, 0.4) is 0 Å². The van der Waals surface area contributed by atoms with Crippen LogP contribution in [0.5, 0.6) is 5.75 Å². The van der Waals surface area contributed by atoms with E-state index in [1.165, 1.54) is 6.07 Å². The molecule has 0 spiro atoms. The Bertz CT molecular complexity index is 911. The van der Waals surface area contributed by atoms with Crippen LogP contribution in [0, 0.1) is 11.6 Å². The summed E-state index contributed by atoms with van der Waals surface area (Å²) in [6.45, 7) is 0.928. The van der Waals surface area contributed by atoms with Gasteiger partial charge in [-0.1, -0.05) is 11.6 Å². The Kier molecular flexibility index (Phi) is 5.04. The lowest BCUT2D eigenvalue weighted by Gasteiger charge is -2.33. The van der Waals surface area contributed by atoms with Gasteiger partial charge in [0.2, 0.25) is 0 Å². The molecule has 2 aromatic rings. The summed E-state index contributed by atoms with van der Waals surface area (Å²) >= 11 is 6.15. The van der Waals surface area contributed by atoms with Crippen LogP contribution >= 0.6 is 11.6 Å². The number of rotatable bonds is 4. The van der Waals surface area contributed by atoms with E-state index in [-0.39, 0.29) is 35.5 Å². The maximum absolute atomic E-state index is 13.7. The van der Waals surface area contributed by atoms with Crippen LogP contribution in [-0.4, -0.2) is 35.3 Å². The Morgan fingerprint density at radius 3 is 2.38 bits per heavy atom. The normalized spacial score (nSPS) is 19.3. The zero-order valence-electron chi connectivity index (χ0n) is 15.1. The number of hydrogen-bond acceptors (Lipinski definition) is 4. The second-order valence-electron chi connectivity index (χ2n) is 7.33. The quantitative estimate of drug-likeness (QED) is 0.632. The summed E-state index contributed by atoms with van der Waals surface area (Å²) in [5.41, 5.74) is -2.08. The fourth-order valence-corrected chi connectivity index (χ4v) is 3.81. The van der Waals surface area contributed by atoms with Crippen molar-refractivity contribution in [3.63, 3.8) is 0 Å². The minimum absolute atomic E-state index is 0.0104. The first-order chi connectivity index (χ1) is 13.7. The van der Waals surface area contributed by atoms with Gasteiger partial charge in [-0.15, -0.1) is 0 Å². The van der Waals surface area contributed by atoms with Gasteiger partial charge in [0.05, 0.1) is 11.9 Å². The van der Waals surface area contributed by atoms with Crippen LogP contribution in [0.4, 0.5) is 27.8 Å². The Morgan fingerprint density at radius 1 is 1.14 bits per heavy atom. The molecule has 2 heterocycles. The average molecular weight is 434 g/mol. The molecule has 0 unspecified atom stereocenters. The van der Waals surface area contributed by atoms with Crippen molar-refractivity contribution in [3.8, 4) is 5.75 Å². The number of halogens is 6. The van der Waals surface area contributed by atoms with Gasteiger partial charge < -0.3 is 9.64 Å². The zero-order chi connectivity index (χ0) is 20.8. The number of nitrogens with zero attached hydrogens (tertiary/aromatic N) is 3. The molecule has 1 saturated heterocycles. The van der Waals surface area contributed by atoms with Gasteiger partial charge in [-0.25, -0.2) is 18.7 Å². The lowest BCUT2D eigenvalue weighted by Crippen LogP contribution is -2.39. The number of ether oxygens (including phenoxy) is 1. The highest BCUT2D eigenvalue weighted by Crippen LogP contribution is 2.58. The molecule has 1 aliphatic carbocycles. The first-order valence-electron chi connectivity index (χ1n) is 9.16. The molecular weight excluding hydrogens is 417 g/mol. The monoisotopic (exact) mass is 433 g/mol. The number of anilines is 1. The molecule has 0 amide bonds. The van der Waals surface area contributed by atoms with Gasteiger partial charge >= 0.3 is 6.18 Å². The third kappa shape index (κ3) is 3.84. The first kappa shape index (κ1) is 20.1. The van der Waals surface area contributed by atoms with Crippen LogP contribution in [0.2, 0.25) is 5.15 Å². The fraction of sp³-hybridized carbons (Fsp3) is 0.474. The molecule has 0 bridgehead atoms. The molecule has 0 radical (unpaired) electrons. The van der Waals surface area contributed by atoms with Crippen LogP contribution in [0.15, 0.2) is 24.4 Å². The molecule has 1 aromatic heterocycles. The van der Waals surface area contributed by atoms with E-state index < -0.39 is 23.2 Å². The summed E-state index contributed by atoms with van der Waals surface area (Å²) in [5, 5.41) is -0.0676. The van der Waals surface area contributed by atoms with Crippen molar-refractivity contribution in [1.82, 2.24) is 9.97 Å². The van der Waals surface area contributed by atoms with Gasteiger partial charge in [-0.2, -0.15) is 13.2 Å². The molecule has 2 aliphatic rings. The summed E-state index contributed by atoms with van der Waals surface area (Å²) < 4.78 is 72.1. The third-order valence-electron chi connectivity index (χ3n) is 5.42. The number of alkyl halides is 3. The Labute approximate surface area is 168 Å². The van der Waals surface area contributed by atoms with Crippen LogP contribution in [-0.2, 0) is 5.41 Å². The van der Waals surface area contributed by atoms with E-state index in [1.807, 2.05) is 4.90 Å². The van der Waals surface area contributed by atoms with Crippen LogP contribution in [0.1, 0.15) is 31.4 Å². The zero-order valence-corrected chi connectivity index (χ0v) is 15.9. The number of aromatic nitrogens is 2. The van der Waals surface area contributed by atoms with E-state index in [1.54, 1.807) is 0 Å². The first-order valence-corrected chi connectivity index (χ1v) is 9.54. The average Bonchev–Trinajstić information content (AvgIpc) is 3.47. The van der Waals surface area contributed by atoms with E-state index in [2.05, 4.69) is 9.97 Å². The molecule has 1 saturated carbocycles. The summed E-state index contributed by atoms with van der Waals surface area (Å²) in [6.07, 6.45) is -2.49. The third-order valence-corrected chi connectivity index (χ3v) is 5.68. The van der Waals surface area contributed by atoms with Crippen molar-refractivity contribution in [1.29, 1.82) is 0 Å². The molecule has 0 atom stereocenters. The largest absolute Gasteiger partial charge is 0.487 e. The van der Waals surface area contributed by atoms with Gasteiger partial charge in [0.15, 0.2) is 22.5 Å². The topological polar surface area (TPSA) is 38.2 Å². The van der Waals surface area contributed by atoms with Crippen molar-refractivity contribution in [2.24, 2.45) is 0 Å². The van der Waals surface area contributed by atoms with E-state index >= 15 is 0 Å². The van der Waals surface area contributed by atoms with E-state index in [0.29, 0.717) is 31.7 Å². The van der Waals surface area contributed by atoms with Crippen molar-refractivity contribution in [2.75, 3.05) is 18.0 Å². The second-order valence-corrected chi connectivity index (χ2v) is 7.69. The van der Waals surface area contributed by atoms with Crippen LogP contribution in [0.25, 0.3) is 0 Å². The van der Waals surface area contributed by atoms with Gasteiger partial charge in [0.25, 0.3) is 0 Å². The molecule has 29 heavy (non-hydrogen) atoms. The summed E-state index contributed by atoms with van der Waals surface area (Å²) in [7, 11) is 0. The fourth-order valence-electron chi connectivity index (χ4n) is 3.55. The lowest BCUT2D eigenvalue weighted by atomic mass is 10.0. The molecule has 4 nitrogen and oxygen atoms in total. The van der Waals surface area contributed by atoms with Crippen molar-refractivity contribution >= 4 is 17.4 Å². The van der Waals surface area contributed by atoms with E-state index in [9.17, 15) is 22.0 Å². The Morgan fingerprint density at radius 2 is 1.83 bits per heavy atom. The standard InChI is InChI=1S/C19H17ClF5N3O/c20-16-17(26-10-15(27-16)18(5-6-18)19(23,24)25)28-7-3-12(4-8-28)29-14-2-1-11(21)9-13(14)22/h1-2,9-10,12H,3-8H2. The van der Waals surface area contributed by atoms with Gasteiger partial charge in [-0.3, -0.25) is 0 Å². The second kappa shape index (κ2) is 7.27. The van der Waals surface area contributed by atoms with Gasteiger partial charge in [-0.05, 0) is 25.0 Å². The molecule has 0 N–H and O–H groups in total. The highest BCUT2D eigenvalue weighted by atomic mass is 35.5. The number of hydrogen-bond donors (Lipinski definition) is 0. The summed E-state index contributed by atoms with van der Waals surface area (Å²) in [5.74, 6) is -1.15. The number of piperidine rings is 1. The molecule has 156 valence electrons. The molecule has 4 rings (SSSR count). The summed E-state index contributed by atoms with van der Waals surface area (Å²) in [6, 6.07) is 3.12. The van der Waals surface area contributed by atoms with Crippen molar-refractivity contribution < 1.29 is 26.7 Å². The molecular formula is C19H17ClF5N3O. The highest BCUT2D eigenvalue weighted by molar-refractivity contribution is 6.31. The lowest BCUT2D eigenvalue weighted by molar-refractivity contribution is -0.161. The van der Waals surface area contributed by atoms with Crippen molar-refractivity contribution in [2.45, 2.75) is 43.4 Å². The Balaban J connectivity index is 1.41.